The number of hydrogen-bond donors (Lipinski definition) is 3. The number of rotatable bonds is 9. The molecule has 2 aromatic rings. The van der Waals surface area contributed by atoms with Crippen molar-refractivity contribution in [2.75, 3.05) is 0 Å². The first-order valence-corrected chi connectivity index (χ1v) is 8.04. The molecule has 2 rings (SSSR count). The van der Waals surface area contributed by atoms with Gasteiger partial charge >= 0.3 is 5.97 Å². The van der Waals surface area contributed by atoms with E-state index in [-0.39, 0.29) is 12.8 Å². The molecule has 0 aliphatic heterocycles. The topological polar surface area (TPSA) is 119 Å². The average Bonchev–Trinajstić information content (AvgIpc) is 2.64. The van der Waals surface area contributed by atoms with E-state index in [1.165, 1.54) is 0 Å². The smallest absolute Gasteiger partial charge is 0.326 e. The fourth-order valence-corrected chi connectivity index (χ4v) is 2.23. The van der Waals surface area contributed by atoms with Gasteiger partial charge in [0.15, 0.2) is 0 Å². The van der Waals surface area contributed by atoms with E-state index in [1.54, 1.807) is 24.3 Å². The van der Waals surface area contributed by atoms with Crippen LogP contribution in [0.15, 0.2) is 54.6 Å². The Kier molecular flexibility index (Phi) is 6.73. The second-order valence-corrected chi connectivity index (χ2v) is 5.67. The van der Waals surface area contributed by atoms with Gasteiger partial charge in [-0.25, -0.2) is 4.79 Å². The number of ether oxygens (including phenoxy) is 1. The van der Waals surface area contributed by atoms with Crippen LogP contribution in [-0.4, -0.2) is 28.9 Å². The fourth-order valence-electron chi connectivity index (χ4n) is 2.23. The summed E-state index contributed by atoms with van der Waals surface area (Å²) in [4.78, 5) is 34.1. The number of hydrogen-bond acceptors (Lipinski definition) is 4. The highest BCUT2D eigenvalue weighted by molar-refractivity contribution is 5.96. The Hall–Kier alpha value is -3.35. The maximum atomic E-state index is 12.2. The number of nitrogens with two attached hydrogens (primary N) is 1. The zero-order chi connectivity index (χ0) is 18.9. The van der Waals surface area contributed by atoms with Crippen molar-refractivity contribution in [3.05, 3.63) is 65.7 Å². The number of benzene rings is 2. The molecule has 0 fully saturated rings. The Morgan fingerprint density at radius 1 is 1.04 bits per heavy atom. The molecule has 26 heavy (non-hydrogen) atoms. The van der Waals surface area contributed by atoms with Gasteiger partial charge in [0, 0.05) is 12.0 Å². The van der Waals surface area contributed by atoms with Gasteiger partial charge in [0.2, 0.25) is 5.91 Å². The molecule has 4 N–H and O–H groups in total. The van der Waals surface area contributed by atoms with Crippen molar-refractivity contribution in [1.29, 1.82) is 0 Å². The van der Waals surface area contributed by atoms with E-state index in [4.69, 9.17) is 15.6 Å². The molecule has 0 spiro atoms. The molecule has 7 nitrogen and oxygen atoms in total. The first-order valence-electron chi connectivity index (χ1n) is 8.04. The summed E-state index contributed by atoms with van der Waals surface area (Å²) in [6.45, 7) is 0.403. The Morgan fingerprint density at radius 3 is 2.27 bits per heavy atom. The quantitative estimate of drug-likeness (QED) is 0.632. The molecule has 0 aliphatic carbocycles. The predicted octanol–water partition coefficient (Wildman–Crippen LogP) is 1.71. The molecule has 0 aromatic heterocycles. The molecule has 2 aromatic carbocycles. The van der Waals surface area contributed by atoms with Crippen LogP contribution in [0.1, 0.15) is 28.8 Å². The SMILES string of the molecule is NC(=O)CCC(NC(=O)c1ccc(OCc2ccccc2)cc1)C(=O)O. The monoisotopic (exact) mass is 356 g/mol. The van der Waals surface area contributed by atoms with Crippen molar-refractivity contribution < 1.29 is 24.2 Å². The summed E-state index contributed by atoms with van der Waals surface area (Å²) in [5.41, 5.74) is 6.33. The molecular weight excluding hydrogens is 336 g/mol. The Labute approximate surface area is 150 Å². The maximum absolute atomic E-state index is 12.2. The summed E-state index contributed by atoms with van der Waals surface area (Å²) in [6, 6.07) is 14.8. The highest BCUT2D eigenvalue weighted by atomic mass is 16.5. The van der Waals surface area contributed by atoms with Gasteiger partial charge in [-0.15, -0.1) is 0 Å². The second-order valence-electron chi connectivity index (χ2n) is 5.67. The van der Waals surface area contributed by atoms with Crippen LogP contribution in [0.2, 0.25) is 0 Å². The van der Waals surface area contributed by atoms with Crippen LogP contribution in [0.25, 0.3) is 0 Å². The van der Waals surface area contributed by atoms with Crippen molar-refractivity contribution in [2.45, 2.75) is 25.5 Å². The number of carboxylic acids is 1. The predicted molar refractivity (Wildman–Crippen MR) is 94.5 cm³/mol. The molecule has 0 saturated heterocycles. The summed E-state index contributed by atoms with van der Waals surface area (Å²) < 4.78 is 5.63. The van der Waals surface area contributed by atoms with Crippen LogP contribution in [-0.2, 0) is 16.2 Å². The normalized spacial score (nSPS) is 11.4. The number of aliphatic carboxylic acids is 1. The van der Waals surface area contributed by atoms with Gasteiger partial charge in [0.05, 0.1) is 0 Å². The van der Waals surface area contributed by atoms with Gasteiger partial charge in [-0.3, -0.25) is 9.59 Å². The van der Waals surface area contributed by atoms with Crippen LogP contribution in [0, 0.1) is 0 Å². The lowest BCUT2D eigenvalue weighted by atomic mass is 10.1. The largest absolute Gasteiger partial charge is 0.489 e. The summed E-state index contributed by atoms with van der Waals surface area (Å²) in [7, 11) is 0. The molecule has 0 aliphatic rings. The minimum Gasteiger partial charge on any atom is -0.489 e. The van der Waals surface area contributed by atoms with Crippen molar-refractivity contribution in [1.82, 2.24) is 5.32 Å². The average molecular weight is 356 g/mol. The molecule has 0 radical (unpaired) electrons. The third-order valence-corrected chi connectivity index (χ3v) is 3.65. The van der Waals surface area contributed by atoms with Gasteiger partial charge in [0.1, 0.15) is 18.4 Å². The second kappa shape index (κ2) is 9.22. The van der Waals surface area contributed by atoms with Crippen molar-refractivity contribution >= 4 is 17.8 Å². The minimum atomic E-state index is -1.22. The molecule has 0 heterocycles. The van der Waals surface area contributed by atoms with Gasteiger partial charge in [-0.05, 0) is 36.2 Å². The lowest BCUT2D eigenvalue weighted by Crippen LogP contribution is -2.41. The summed E-state index contributed by atoms with van der Waals surface area (Å²) in [6.07, 6.45) is -0.182. The number of carbonyl (C=O) groups excluding carboxylic acids is 2. The number of carbonyl (C=O) groups is 3. The highest BCUT2D eigenvalue weighted by Crippen LogP contribution is 2.14. The standard InChI is InChI=1S/C19H20N2O5/c20-17(22)11-10-16(19(24)25)21-18(23)14-6-8-15(9-7-14)26-12-13-4-2-1-3-5-13/h1-9,16H,10-12H2,(H2,20,22)(H,21,23)(H,24,25). The molecule has 0 saturated carbocycles. The molecule has 0 bridgehead atoms. The fraction of sp³-hybridized carbons (Fsp3) is 0.211. The molecule has 1 unspecified atom stereocenters. The van der Waals surface area contributed by atoms with Crippen LogP contribution in [0.5, 0.6) is 5.75 Å². The van der Waals surface area contributed by atoms with Gasteiger partial charge < -0.3 is 20.9 Å². The summed E-state index contributed by atoms with van der Waals surface area (Å²) >= 11 is 0. The van der Waals surface area contributed by atoms with E-state index in [0.29, 0.717) is 17.9 Å². The lowest BCUT2D eigenvalue weighted by molar-refractivity contribution is -0.139. The van der Waals surface area contributed by atoms with E-state index in [9.17, 15) is 14.4 Å². The van der Waals surface area contributed by atoms with E-state index in [1.807, 2.05) is 30.3 Å². The van der Waals surface area contributed by atoms with Crippen LogP contribution >= 0.6 is 0 Å². The molecule has 7 heteroatoms. The molecule has 136 valence electrons. The Morgan fingerprint density at radius 2 is 1.69 bits per heavy atom. The number of carboxylic acid groups (broad SMARTS) is 1. The Balaban J connectivity index is 1.92. The summed E-state index contributed by atoms with van der Waals surface area (Å²) in [5, 5.41) is 11.5. The zero-order valence-corrected chi connectivity index (χ0v) is 14.1. The van der Waals surface area contributed by atoms with Crippen LogP contribution in [0.4, 0.5) is 0 Å². The van der Waals surface area contributed by atoms with Crippen LogP contribution in [0.3, 0.4) is 0 Å². The molecular formula is C19H20N2O5. The molecule has 1 atom stereocenters. The van der Waals surface area contributed by atoms with E-state index < -0.39 is 23.8 Å². The Bertz CT molecular complexity index is 759. The van der Waals surface area contributed by atoms with E-state index in [2.05, 4.69) is 5.32 Å². The number of amides is 2. The third kappa shape index (κ3) is 5.94. The number of nitrogens with one attached hydrogen (secondary N) is 1. The van der Waals surface area contributed by atoms with Crippen molar-refractivity contribution in [3.63, 3.8) is 0 Å². The minimum absolute atomic E-state index is 0.0608. The van der Waals surface area contributed by atoms with E-state index in [0.717, 1.165) is 5.56 Å². The zero-order valence-electron chi connectivity index (χ0n) is 14.1. The van der Waals surface area contributed by atoms with Gasteiger partial charge in [-0.1, -0.05) is 30.3 Å². The van der Waals surface area contributed by atoms with Crippen molar-refractivity contribution in [3.8, 4) is 5.75 Å². The third-order valence-electron chi connectivity index (χ3n) is 3.65. The lowest BCUT2D eigenvalue weighted by Gasteiger charge is -2.14. The highest BCUT2D eigenvalue weighted by Gasteiger charge is 2.21. The first kappa shape index (κ1) is 19.0. The first-order chi connectivity index (χ1) is 12.5. The van der Waals surface area contributed by atoms with Crippen molar-refractivity contribution in [2.24, 2.45) is 5.73 Å². The van der Waals surface area contributed by atoms with E-state index >= 15 is 0 Å². The van der Waals surface area contributed by atoms with Gasteiger partial charge in [0.25, 0.3) is 5.91 Å². The number of primary amides is 1. The molecule has 2 amide bonds. The maximum Gasteiger partial charge on any atom is 0.326 e. The van der Waals surface area contributed by atoms with Crippen LogP contribution < -0.4 is 15.8 Å². The summed E-state index contributed by atoms with van der Waals surface area (Å²) in [5.74, 6) is -1.79. The van der Waals surface area contributed by atoms with Gasteiger partial charge in [-0.2, -0.15) is 0 Å².